The molecule has 0 bridgehead atoms. The summed E-state index contributed by atoms with van der Waals surface area (Å²) in [7, 11) is 0. The van der Waals surface area contributed by atoms with Crippen LogP contribution in [-0.2, 0) is 11.2 Å². The van der Waals surface area contributed by atoms with Crippen LogP contribution in [0.2, 0.25) is 0 Å². The molecule has 7 heteroatoms. The number of imidazole rings is 1. The van der Waals surface area contributed by atoms with E-state index in [1.807, 2.05) is 30.3 Å². The molecule has 0 spiro atoms. The average molecular weight is 463 g/mol. The first-order valence-electron chi connectivity index (χ1n) is 11.7. The minimum atomic E-state index is -0.675. The quantitative estimate of drug-likeness (QED) is 0.383. The standard InChI is InChI=1S/C27H34N4O3/c1-5-6-7-8-10-19-13-15-20(16-14-19)24(32)30-22-12-9-11-21(17-22)23-18-29-25(28)31(23)26(33)34-27(2,3)4/h9,11-18H,5-8,10H2,1-4H3,(H2,28,29)(H,30,32). The second-order valence-corrected chi connectivity index (χ2v) is 9.36. The minimum Gasteiger partial charge on any atom is -0.443 e. The SMILES string of the molecule is CCCCCCc1ccc(C(=O)Nc2cccc(-c3cnc(N)n3C(=O)OC(C)(C)C)c2)cc1. The number of nitrogens with two attached hydrogens (primary N) is 1. The number of aryl methyl sites for hydroxylation is 1. The summed E-state index contributed by atoms with van der Waals surface area (Å²) in [6, 6.07) is 14.9. The van der Waals surface area contributed by atoms with E-state index in [2.05, 4.69) is 17.2 Å². The molecule has 1 amide bonds. The largest absolute Gasteiger partial charge is 0.443 e. The van der Waals surface area contributed by atoms with Crippen LogP contribution in [0, 0.1) is 0 Å². The topological polar surface area (TPSA) is 99.2 Å². The number of carbonyl (C=O) groups is 2. The molecule has 34 heavy (non-hydrogen) atoms. The first-order valence-corrected chi connectivity index (χ1v) is 11.7. The molecule has 0 unspecified atom stereocenters. The number of nitrogens with one attached hydrogen (secondary N) is 1. The number of nitrogens with zero attached hydrogens (tertiary/aromatic N) is 2. The van der Waals surface area contributed by atoms with Gasteiger partial charge < -0.3 is 15.8 Å². The van der Waals surface area contributed by atoms with E-state index in [4.69, 9.17) is 10.5 Å². The van der Waals surface area contributed by atoms with Gasteiger partial charge >= 0.3 is 6.09 Å². The average Bonchev–Trinajstić information content (AvgIpc) is 3.18. The first kappa shape index (κ1) is 25.0. The van der Waals surface area contributed by atoms with Gasteiger partial charge in [0.2, 0.25) is 5.95 Å². The molecule has 0 saturated heterocycles. The lowest BCUT2D eigenvalue weighted by atomic mass is 10.0. The summed E-state index contributed by atoms with van der Waals surface area (Å²) in [6.07, 6.45) is 6.80. The summed E-state index contributed by atoms with van der Waals surface area (Å²) in [4.78, 5) is 29.5. The lowest BCUT2D eigenvalue weighted by molar-refractivity contribution is 0.0543. The summed E-state index contributed by atoms with van der Waals surface area (Å²) < 4.78 is 6.69. The molecule has 7 nitrogen and oxygen atoms in total. The van der Waals surface area contributed by atoms with Crippen LogP contribution < -0.4 is 11.1 Å². The van der Waals surface area contributed by atoms with E-state index in [-0.39, 0.29) is 11.9 Å². The number of benzene rings is 2. The van der Waals surface area contributed by atoms with Gasteiger partial charge in [-0.05, 0) is 63.4 Å². The molecule has 0 atom stereocenters. The lowest BCUT2D eigenvalue weighted by Crippen LogP contribution is -2.28. The Morgan fingerprint density at radius 3 is 2.47 bits per heavy atom. The van der Waals surface area contributed by atoms with Crippen molar-refractivity contribution in [3.05, 3.63) is 65.9 Å². The Bertz CT molecular complexity index is 1130. The molecule has 0 fully saturated rings. The zero-order chi connectivity index (χ0) is 24.7. The molecular formula is C27H34N4O3. The Morgan fingerprint density at radius 1 is 1.06 bits per heavy atom. The molecule has 0 aliphatic rings. The Labute approximate surface area is 201 Å². The number of unbranched alkanes of at least 4 members (excludes halogenated alkanes) is 3. The maximum Gasteiger partial charge on any atom is 0.421 e. The number of amides is 1. The van der Waals surface area contributed by atoms with Crippen LogP contribution in [0.25, 0.3) is 11.3 Å². The summed E-state index contributed by atoms with van der Waals surface area (Å²) >= 11 is 0. The van der Waals surface area contributed by atoms with E-state index in [1.165, 1.54) is 35.6 Å². The molecule has 1 aromatic heterocycles. The second-order valence-electron chi connectivity index (χ2n) is 9.36. The van der Waals surface area contributed by atoms with Crippen LogP contribution in [-0.4, -0.2) is 27.2 Å². The molecule has 0 aliphatic carbocycles. The van der Waals surface area contributed by atoms with Crippen LogP contribution >= 0.6 is 0 Å². The van der Waals surface area contributed by atoms with Crippen molar-refractivity contribution < 1.29 is 14.3 Å². The van der Waals surface area contributed by atoms with Gasteiger partial charge in [-0.25, -0.2) is 14.3 Å². The second kappa shape index (κ2) is 11.0. The molecule has 2 aromatic carbocycles. The van der Waals surface area contributed by atoms with E-state index in [0.29, 0.717) is 22.5 Å². The summed E-state index contributed by atoms with van der Waals surface area (Å²) in [5, 5.41) is 2.93. The number of hydrogen-bond acceptors (Lipinski definition) is 5. The zero-order valence-corrected chi connectivity index (χ0v) is 20.4. The van der Waals surface area contributed by atoms with Gasteiger partial charge in [-0.2, -0.15) is 0 Å². The predicted molar refractivity (Wildman–Crippen MR) is 136 cm³/mol. The predicted octanol–water partition coefficient (Wildman–Crippen LogP) is 6.29. The van der Waals surface area contributed by atoms with Gasteiger partial charge in [-0.1, -0.05) is 50.5 Å². The van der Waals surface area contributed by atoms with Gasteiger partial charge in [0.15, 0.2) is 0 Å². The van der Waals surface area contributed by atoms with Crippen molar-refractivity contribution in [1.82, 2.24) is 9.55 Å². The van der Waals surface area contributed by atoms with Crippen LogP contribution in [0.1, 0.15) is 69.3 Å². The number of aromatic nitrogens is 2. The normalized spacial score (nSPS) is 11.3. The van der Waals surface area contributed by atoms with Crippen molar-refractivity contribution in [3.63, 3.8) is 0 Å². The maximum atomic E-state index is 12.8. The van der Waals surface area contributed by atoms with Crippen molar-refractivity contribution in [1.29, 1.82) is 0 Å². The fourth-order valence-corrected chi connectivity index (χ4v) is 3.61. The van der Waals surface area contributed by atoms with Crippen molar-refractivity contribution in [2.24, 2.45) is 0 Å². The number of hydrogen-bond donors (Lipinski definition) is 2. The third-order valence-electron chi connectivity index (χ3n) is 5.32. The van der Waals surface area contributed by atoms with Crippen molar-refractivity contribution in [2.75, 3.05) is 11.1 Å². The smallest absolute Gasteiger partial charge is 0.421 e. The van der Waals surface area contributed by atoms with Crippen LogP contribution in [0.15, 0.2) is 54.7 Å². The number of rotatable bonds is 8. The highest BCUT2D eigenvalue weighted by molar-refractivity contribution is 6.04. The van der Waals surface area contributed by atoms with Gasteiger partial charge in [0, 0.05) is 16.8 Å². The molecule has 0 aliphatic heterocycles. The molecule has 3 aromatic rings. The summed E-state index contributed by atoms with van der Waals surface area (Å²) in [5.41, 5.74) is 8.84. The molecular weight excluding hydrogens is 428 g/mol. The first-order chi connectivity index (χ1) is 16.2. The number of carbonyl (C=O) groups excluding carboxylic acids is 2. The van der Waals surface area contributed by atoms with Gasteiger partial charge in [-0.15, -0.1) is 0 Å². The summed E-state index contributed by atoms with van der Waals surface area (Å²) in [6.45, 7) is 7.56. The Morgan fingerprint density at radius 2 is 1.79 bits per heavy atom. The molecule has 3 N–H and O–H groups in total. The van der Waals surface area contributed by atoms with Gasteiger partial charge in [0.1, 0.15) is 5.60 Å². The van der Waals surface area contributed by atoms with E-state index in [1.54, 1.807) is 39.0 Å². The van der Waals surface area contributed by atoms with Gasteiger partial charge in [0.25, 0.3) is 5.91 Å². The van der Waals surface area contributed by atoms with E-state index < -0.39 is 11.7 Å². The summed E-state index contributed by atoms with van der Waals surface area (Å²) in [5.74, 6) is -0.164. The van der Waals surface area contributed by atoms with Gasteiger partial charge in [0.05, 0.1) is 11.9 Å². The van der Waals surface area contributed by atoms with Crippen molar-refractivity contribution >= 4 is 23.6 Å². The highest BCUT2D eigenvalue weighted by Gasteiger charge is 2.23. The van der Waals surface area contributed by atoms with Crippen LogP contribution in [0.3, 0.4) is 0 Å². The number of nitrogen functional groups attached to an aromatic ring is 1. The lowest BCUT2D eigenvalue weighted by Gasteiger charge is -2.20. The highest BCUT2D eigenvalue weighted by atomic mass is 16.6. The van der Waals surface area contributed by atoms with Crippen molar-refractivity contribution in [3.8, 4) is 11.3 Å². The molecule has 0 saturated carbocycles. The minimum absolute atomic E-state index is 0.0356. The fourth-order valence-electron chi connectivity index (χ4n) is 3.61. The van der Waals surface area contributed by atoms with E-state index in [0.717, 1.165) is 12.8 Å². The van der Waals surface area contributed by atoms with Gasteiger partial charge in [-0.3, -0.25) is 4.79 Å². The molecule has 180 valence electrons. The molecule has 0 radical (unpaired) electrons. The van der Waals surface area contributed by atoms with E-state index >= 15 is 0 Å². The van der Waals surface area contributed by atoms with Crippen LogP contribution in [0.4, 0.5) is 16.4 Å². The Hall–Kier alpha value is -3.61. The zero-order valence-electron chi connectivity index (χ0n) is 20.4. The van der Waals surface area contributed by atoms with Crippen molar-refractivity contribution in [2.45, 2.75) is 65.4 Å². The van der Waals surface area contributed by atoms with E-state index in [9.17, 15) is 9.59 Å². The maximum absolute atomic E-state index is 12.8. The third-order valence-corrected chi connectivity index (χ3v) is 5.32. The molecule has 3 rings (SSSR count). The Kier molecular flexibility index (Phi) is 8.10. The monoisotopic (exact) mass is 462 g/mol. The molecule has 1 heterocycles. The third kappa shape index (κ3) is 6.70. The van der Waals surface area contributed by atoms with Crippen LogP contribution in [0.5, 0.6) is 0 Å². The highest BCUT2D eigenvalue weighted by Crippen LogP contribution is 2.26. The fraction of sp³-hybridized carbons (Fsp3) is 0.370. The Balaban J connectivity index is 1.72. The number of anilines is 2. The number of ether oxygens (including phenoxy) is 1.